The van der Waals surface area contributed by atoms with Gasteiger partial charge in [-0.25, -0.2) is 4.79 Å². The molecule has 0 radical (unpaired) electrons. The van der Waals surface area contributed by atoms with E-state index in [2.05, 4.69) is 6.58 Å². The molecule has 1 aliphatic rings. The number of aliphatic carboxylic acids is 2. The predicted molar refractivity (Wildman–Crippen MR) is 84.1 cm³/mol. The molecule has 1 aromatic carbocycles. The Balaban J connectivity index is 2.48. The van der Waals surface area contributed by atoms with Crippen molar-refractivity contribution in [3.63, 3.8) is 0 Å². The molecule has 0 bridgehead atoms. The minimum Gasteiger partial charge on any atom is -0.480 e. The second kappa shape index (κ2) is 6.77. The molecular weight excluding hydrogens is 296 g/mol. The molecule has 0 aliphatic heterocycles. The van der Waals surface area contributed by atoms with Gasteiger partial charge in [0, 0.05) is 12.3 Å². The van der Waals surface area contributed by atoms with Crippen molar-refractivity contribution in [1.82, 2.24) is 0 Å². The van der Waals surface area contributed by atoms with Crippen molar-refractivity contribution in [2.45, 2.75) is 37.5 Å². The van der Waals surface area contributed by atoms with Crippen LogP contribution in [0.3, 0.4) is 0 Å². The van der Waals surface area contributed by atoms with Crippen LogP contribution in [-0.2, 0) is 19.8 Å². The largest absolute Gasteiger partial charge is 0.480 e. The van der Waals surface area contributed by atoms with Crippen molar-refractivity contribution < 1.29 is 24.6 Å². The molecule has 23 heavy (non-hydrogen) atoms. The molecule has 1 fully saturated rings. The predicted octanol–water partition coefficient (Wildman–Crippen LogP) is 2.80. The van der Waals surface area contributed by atoms with Gasteiger partial charge in [0.25, 0.3) is 0 Å². The molecule has 0 saturated heterocycles. The van der Waals surface area contributed by atoms with E-state index in [1.165, 1.54) is 12.1 Å². The Labute approximate surface area is 134 Å². The SMILES string of the molecule is C=C(C(=O)O)C(CC(=O)C1CCCC1)(C(=O)O)c1ccccc1. The highest BCUT2D eigenvalue weighted by Gasteiger charge is 2.48. The third kappa shape index (κ3) is 3.18. The molecule has 5 heteroatoms. The summed E-state index contributed by atoms with van der Waals surface area (Å²) >= 11 is 0. The molecule has 1 aliphatic carbocycles. The molecule has 1 unspecified atom stereocenters. The fourth-order valence-electron chi connectivity index (χ4n) is 3.27. The molecule has 1 aromatic rings. The number of carboxylic acid groups (broad SMARTS) is 2. The van der Waals surface area contributed by atoms with Crippen LogP contribution in [0.2, 0.25) is 0 Å². The van der Waals surface area contributed by atoms with Gasteiger partial charge in [0.05, 0.1) is 5.57 Å². The highest BCUT2D eigenvalue weighted by atomic mass is 16.4. The number of hydrogen-bond acceptors (Lipinski definition) is 3. The molecule has 0 amide bonds. The van der Waals surface area contributed by atoms with E-state index in [4.69, 9.17) is 0 Å². The summed E-state index contributed by atoms with van der Waals surface area (Å²) in [5.74, 6) is -3.15. The maximum atomic E-state index is 12.6. The van der Waals surface area contributed by atoms with Gasteiger partial charge in [0.2, 0.25) is 0 Å². The molecule has 0 aromatic heterocycles. The lowest BCUT2D eigenvalue weighted by Crippen LogP contribution is -2.43. The second-order valence-electron chi connectivity index (χ2n) is 5.98. The van der Waals surface area contributed by atoms with Crippen LogP contribution < -0.4 is 0 Å². The summed E-state index contributed by atoms with van der Waals surface area (Å²) in [7, 11) is 0. The van der Waals surface area contributed by atoms with Crippen LogP contribution in [-0.4, -0.2) is 27.9 Å². The number of ketones is 1. The fraction of sp³-hybridized carbons (Fsp3) is 0.389. The van der Waals surface area contributed by atoms with Crippen molar-refractivity contribution in [2.75, 3.05) is 0 Å². The first kappa shape index (κ1) is 16.9. The number of carbonyl (C=O) groups excluding carboxylic acids is 1. The zero-order valence-electron chi connectivity index (χ0n) is 12.8. The van der Waals surface area contributed by atoms with E-state index in [0.29, 0.717) is 0 Å². The number of hydrogen-bond donors (Lipinski definition) is 2. The Bertz CT molecular complexity index is 628. The lowest BCUT2D eigenvalue weighted by Gasteiger charge is -2.30. The zero-order chi connectivity index (χ0) is 17.0. The molecule has 122 valence electrons. The van der Waals surface area contributed by atoms with E-state index in [-0.39, 0.29) is 23.7 Å². The average Bonchev–Trinajstić information content (AvgIpc) is 3.06. The zero-order valence-corrected chi connectivity index (χ0v) is 12.8. The van der Waals surface area contributed by atoms with Gasteiger partial charge in [-0.05, 0) is 18.4 Å². The maximum absolute atomic E-state index is 12.6. The van der Waals surface area contributed by atoms with E-state index in [0.717, 1.165) is 25.7 Å². The van der Waals surface area contributed by atoms with Crippen LogP contribution in [0.5, 0.6) is 0 Å². The molecular formula is C18H20O5. The number of carbonyl (C=O) groups is 3. The quantitative estimate of drug-likeness (QED) is 0.755. The maximum Gasteiger partial charge on any atom is 0.332 e. The lowest BCUT2D eigenvalue weighted by molar-refractivity contribution is -0.147. The van der Waals surface area contributed by atoms with Crippen molar-refractivity contribution in [2.24, 2.45) is 5.92 Å². The van der Waals surface area contributed by atoms with Crippen LogP contribution >= 0.6 is 0 Å². The Morgan fingerprint density at radius 2 is 1.65 bits per heavy atom. The minimum absolute atomic E-state index is 0.181. The van der Waals surface area contributed by atoms with Gasteiger partial charge in [-0.15, -0.1) is 0 Å². The van der Waals surface area contributed by atoms with Crippen LogP contribution in [0, 0.1) is 5.92 Å². The third-order valence-electron chi connectivity index (χ3n) is 4.65. The summed E-state index contributed by atoms with van der Waals surface area (Å²) in [5.41, 5.74) is -2.14. The van der Waals surface area contributed by atoms with E-state index < -0.39 is 22.9 Å². The lowest BCUT2D eigenvalue weighted by atomic mass is 9.69. The first-order valence-electron chi connectivity index (χ1n) is 7.64. The van der Waals surface area contributed by atoms with Gasteiger partial charge in [-0.1, -0.05) is 49.8 Å². The Morgan fingerprint density at radius 3 is 2.13 bits per heavy atom. The Kier molecular flexibility index (Phi) is 4.98. The Hall–Kier alpha value is -2.43. The first-order valence-corrected chi connectivity index (χ1v) is 7.64. The summed E-state index contributed by atoms with van der Waals surface area (Å²) < 4.78 is 0. The number of rotatable bonds is 7. The number of carboxylic acids is 2. The van der Waals surface area contributed by atoms with Crippen LogP contribution in [0.4, 0.5) is 0 Å². The Morgan fingerprint density at radius 1 is 1.09 bits per heavy atom. The molecule has 0 spiro atoms. The smallest absolute Gasteiger partial charge is 0.332 e. The molecule has 2 rings (SSSR count). The van der Waals surface area contributed by atoms with E-state index in [1.54, 1.807) is 18.2 Å². The van der Waals surface area contributed by atoms with Gasteiger partial charge in [-0.2, -0.15) is 0 Å². The first-order chi connectivity index (χ1) is 10.9. The standard InChI is InChI=1S/C18H20O5/c1-12(16(20)21)18(17(22)23,14-9-3-2-4-10-14)11-15(19)13-7-5-6-8-13/h2-4,9-10,13H,1,5-8,11H2,(H,20,21)(H,22,23). The van der Waals surface area contributed by atoms with Gasteiger partial charge in [0.1, 0.15) is 11.2 Å². The molecule has 5 nitrogen and oxygen atoms in total. The van der Waals surface area contributed by atoms with Crippen LogP contribution in [0.15, 0.2) is 42.5 Å². The minimum atomic E-state index is -1.92. The van der Waals surface area contributed by atoms with Crippen molar-refractivity contribution in [1.29, 1.82) is 0 Å². The van der Waals surface area contributed by atoms with Gasteiger partial charge in [0.15, 0.2) is 0 Å². The molecule has 1 saturated carbocycles. The summed E-state index contributed by atoms with van der Waals surface area (Å²) in [5, 5.41) is 19.1. The summed E-state index contributed by atoms with van der Waals surface area (Å²) in [6.45, 7) is 3.47. The third-order valence-corrected chi connectivity index (χ3v) is 4.65. The average molecular weight is 316 g/mol. The number of Topliss-reactive ketones (excluding diaryl/α,β-unsaturated/α-hetero) is 1. The van der Waals surface area contributed by atoms with Gasteiger partial charge in [-0.3, -0.25) is 9.59 Å². The van der Waals surface area contributed by atoms with Crippen molar-refractivity contribution >= 4 is 17.7 Å². The second-order valence-corrected chi connectivity index (χ2v) is 5.98. The van der Waals surface area contributed by atoms with Crippen LogP contribution in [0.25, 0.3) is 0 Å². The highest BCUT2D eigenvalue weighted by Crippen LogP contribution is 2.39. The van der Waals surface area contributed by atoms with Crippen molar-refractivity contribution in [3.05, 3.63) is 48.0 Å². The summed E-state index contributed by atoms with van der Waals surface area (Å²) in [6, 6.07) is 8.02. The summed E-state index contributed by atoms with van der Waals surface area (Å²) in [4.78, 5) is 36.1. The van der Waals surface area contributed by atoms with E-state index in [1.807, 2.05) is 0 Å². The monoisotopic (exact) mass is 316 g/mol. The molecule has 0 heterocycles. The van der Waals surface area contributed by atoms with E-state index >= 15 is 0 Å². The van der Waals surface area contributed by atoms with Crippen molar-refractivity contribution in [3.8, 4) is 0 Å². The highest BCUT2D eigenvalue weighted by molar-refractivity contribution is 6.03. The topological polar surface area (TPSA) is 91.7 Å². The van der Waals surface area contributed by atoms with E-state index in [9.17, 15) is 24.6 Å². The fourth-order valence-corrected chi connectivity index (χ4v) is 3.27. The van der Waals surface area contributed by atoms with Gasteiger partial charge >= 0.3 is 11.9 Å². The molecule has 2 N–H and O–H groups in total. The summed E-state index contributed by atoms with van der Waals surface area (Å²) in [6.07, 6.45) is 3.00. The normalized spacial score (nSPS) is 17.4. The number of benzene rings is 1. The van der Waals surface area contributed by atoms with Gasteiger partial charge < -0.3 is 10.2 Å². The molecule has 1 atom stereocenters. The van der Waals surface area contributed by atoms with Crippen LogP contribution in [0.1, 0.15) is 37.7 Å².